The zero-order valence-corrected chi connectivity index (χ0v) is 17.2. The second-order valence-electron chi connectivity index (χ2n) is 8.02. The number of hydrogen-bond acceptors (Lipinski definition) is 5. The average Bonchev–Trinajstić information content (AvgIpc) is 3.12. The minimum atomic E-state index is -0.0806. The number of anilines is 1. The molecule has 3 aromatic rings. The summed E-state index contributed by atoms with van der Waals surface area (Å²) in [7, 11) is 0. The molecule has 0 radical (unpaired) electrons. The highest BCUT2D eigenvalue weighted by atomic mass is 16.2. The van der Waals surface area contributed by atoms with Crippen LogP contribution in [0.5, 0.6) is 0 Å². The van der Waals surface area contributed by atoms with Gasteiger partial charge in [0.15, 0.2) is 0 Å². The van der Waals surface area contributed by atoms with E-state index in [1.807, 2.05) is 48.5 Å². The highest BCUT2D eigenvalue weighted by Gasteiger charge is 2.31. The molecule has 2 amide bonds. The minimum absolute atomic E-state index is 0.0596. The number of fused-ring (bicyclic) bond motifs is 1. The number of aromatic nitrogens is 1. The molecule has 31 heavy (non-hydrogen) atoms. The van der Waals surface area contributed by atoms with Crippen LogP contribution in [0, 0.1) is 0 Å². The van der Waals surface area contributed by atoms with Crippen molar-refractivity contribution in [2.75, 3.05) is 37.7 Å². The Bertz CT molecular complexity index is 1180. The quantitative estimate of drug-likeness (QED) is 0.610. The van der Waals surface area contributed by atoms with Gasteiger partial charge in [0.25, 0.3) is 5.56 Å². The van der Waals surface area contributed by atoms with E-state index in [2.05, 4.69) is 15.9 Å². The molecular formula is C24H24N4O3. The third-order valence-corrected chi connectivity index (χ3v) is 6.13. The summed E-state index contributed by atoms with van der Waals surface area (Å²) in [6.45, 7) is 3.28. The molecule has 0 N–H and O–H groups in total. The van der Waals surface area contributed by atoms with Gasteiger partial charge in [-0.05, 0) is 18.2 Å². The van der Waals surface area contributed by atoms with Crippen LogP contribution >= 0.6 is 0 Å². The summed E-state index contributed by atoms with van der Waals surface area (Å²) in [6.07, 6.45) is 0.644. The van der Waals surface area contributed by atoms with Gasteiger partial charge >= 0.3 is 0 Å². The Morgan fingerprint density at radius 1 is 0.742 bits per heavy atom. The van der Waals surface area contributed by atoms with E-state index in [4.69, 9.17) is 0 Å². The first-order valence-corrected chi connectivity index (χ1v) is 10.6. The van der Waals surface area contributed by atoms with Crippen molar-refractivity contribution in [1.82, 2.24) is 14.4 Å². The molecule has 5 rings (SSSR count). The lowest BCUT2D eigenvalue weighted by Crippen LogP contribution is -2.51. The molecule has 1 aromatic heterocycles. The number of nitrogens with zero attached hydrogens (tertiary/aromatic N) is 4. The molecule has 7 nitrogen and oxygen atoms in total. The predicted molar refractivity (Wildman–Crippen MR) is 119 cm³/mol. The van der Waals surface area contributed by atoms with Crippen LogP contribution in [-0.4, -0.2) is 59.0 Å². The molecule has 2 aliphatic rings. The summed E-state index contributed by atoms with van der Waals surface area (Å²) in [5, 5.41) is 1.03. The van der Waals surface area contributed by atoms with Gasteiger partial charge in [0.1, 0.15) is 0 Å². The molecule has 7 heteroatoms. The lowest BCUT2D eigenvalue weighted by Gasteiger charge is -2.37. The summed E-state index contributed by atoms with van der Waals surface area (Å²) < 4.78 is 1.75. The predicted octanol–water partition coefficient (Wildman–Crippen LogP) is 2.22. The Hall–Kier alpha value is -3.45. The van der Waals surface area contributed by atoms with Crippen LogP contribution in [0.4, 0.5) is 5.69 Å². The highest BCUT2D eigenvalue weighted by Crippen LogP contribution is 2.27. The first-order valence-electron chi connectivity index (χ1n) is 10.6. The van der Waals surface area contributed by atoms with Crippen LogP contribution in [0.2, 0.25) is 0 Å². The van der Waals surface area contributed by atoms with Gasteiger partial charge in [-0.3, -0.25) is 28.8 Å². The normalized spacial score (nSPS) is 17.7. The lowest BCUT2D eigenvalue weighted by molar-refractivity contribution is -0.140. The lowest BCUT2D eigenvalue weighted by atomic mass is 10.1. The van der Waals surface area contributed by atoms with Crippen molar-refractivity contribution < 1.29 is 9.59 Å². The highest BCUT2D eigenvalue weighted by molar-refractivity contribution is 6.01. The van der Waals surface area contributed by atoms with Crippen LogP contribution < -0.4 is 10.5 Å². The monoisotopic (exact) mass is 416 g/mol. The summed E-state index contributed by atoms with van der Waals surface area (Å²) in [4.78, 5) is 42.6. The van der Waals surface area contributed by atoms with E-state index in [1.54, 1.807) is 10.6 Å². The number of rotatable bonds is 4. The second-order valence-corrected chi connectivity index (χ2v) is 8.02. The smallest absolute Gasteiger partial charge is 0.257 e. The maximum atomic E-state index is 13.1. The number of imide groups is 1. The van der Waals surface area contributed by atoms with Gasteiger partial charge < -0.3 is 4.90 Å². The number of carbonyl (C=O) groups is 2. The van der Waals surface area contributed by atoms with E-state index in [1.165, 1.54) is 4.90 Å². The first kappa shape index (κ1) is 19.5. The Morgan fingerprint density at radius 2 is 1.39 bits per heavy atom. The Kier molecular flexibility index (Phi) is 5.03. The van der Waals surface area contributed by atoms with Crippen molar-refractivity contribution in [2.45, 2.75) is 12.8 Å². The molecule has 2 fully saturated rings. The van der Waals surface area contributed by atoms with Crippen molar-refractivity contribution in [2.24, 2.45) is 0 Å². The fourth-order valence-corrected chi connectivity index (χ4v) is 4.48. The summed E-state index contributed by atoms with van der Waals surface area (Å²) in [5.74, 6) is -0.161. The van der Waals surface area contributed by atoms with E-state index in [-0.39, 0.29) is 17.4 Å². The van der Waals surface area contributed by atoms with Crippen molar-refractivity contribution in [3.05, 3.63) is 71.0 Å². The molecule has 2 aromatic carbocycles. The summed E-state index contributed by atoms with van der Waals surface area (Å²) in [6, 6.07) is 19.4. The van der Waals surface area contributed by atoms with Gasteiger partial charge in [-0.1, -0.05) is 36.4 Å². The number of piperazine rings is 1. The molecule has 0 unspecified atom stereocenters. The van der Waals surface area contributed by atoms with Crippen molar-refractivity contribution in [1.29, 1.82) is 0 Å². The van der Waals surface area contributed by atoms with Crippen molar-refractivity contribution in [3.8, 4) is 5.69 Å². The fraction of sp³-hybridized carbons (Fsp3) is 0.292. The topological polar surface area (TPSA) is 65.9 Å². The number of amides is 2. The minimum Gasteiger partial charge on any atom is -0.368 e. The largest absolute Gasteiger partial charge is 0.368 e. The van der Waals surface area contributed by atoms with Gasteiger partial charge in [0.2, 0.25) is 11.8 Å². The maximum absolute atomic E-state index is 13.1. The van der Waals surface area contributed by atoms with Crippen molar-refractivity contribution in [3.63, 3.8) is 0 Å². The van der Waals surface area contributed by atoms with E-state index in [0.717, 1.165) is 48.5 Å². The van der Waals surface area contributed by atoms with Gasteiger partial charge in [-0.2, -0.15) is 0 Å². The van der Waals surface area contributed by atoms with E-state index >= 15 is 0 Å². The Balaban J connectivity index is 1.41. The van der Waals surface area contributed by atoms with Crippen LogP contribution in [0.25, 0.3) is 16.6 Å². The maximum Gasteiger partial charge on any atom is 0.257 e. The van der Waals surface area contributed by atoms with E-state index < -0.39 is 0 Å². The number of hydrogen-bond donors (Lipinski definition) is 0. The molecule has 0 aliphatic carbocycles. The van der Waals surface area contributed by atoms with Crippen LogP contribution in [0.15, 0.2) is 65.5 Å². The molecule has 0 saturated carbocycles. The fourth-order valence-electron chi connectivity index (χ4n) is 4.48. The molecule has 0 spiro atoms. The number of benzene rings is 2. The summed E-state index contributed by atoms with van der Waals surface area (Å²) >= 11 is 0. The molecule has 0 atom stereocenters. The zero-order valence-electron chi connectivity index (χ0n) is 17.2. The van der Waals surface area contributed by atoms with Gasteiger partial charge in [-0.15, -0.1) is 0 Å². The zero-order chi connectivity index (χ0) is 21.4. The van der Waals surface area contributed by atoms with Crippen LogP contribution in [-0.2, 0) is 9.59 Å². The third-order valence-electron chi connectivity index (χ3n) is 6.13. The Morgan fingerprint density at radius 3 is 2.10 bits per heavy atom. The molecular weight excluding hydrogens is 392 g/mol. The molecule has 2 aliphatic heterocycles. The number of carbonyl (C=O) groups excluding carboxylic acids is 2. The summed E-state index contributed by atoms with van der Waals surface area (Å²) in [5.41, 5.74) is 2.60. The molecule has 2 saturated heterocycles. The first-order chi connectivity index (χ1) is 15.1. The molecule has 0 bridgehead atoms. The van der Waals surface area contributed by atoms with Crippen molar-refractivity contribution >= 4 is 28.4 Å². The van der Waals surface area contributed by atoms with E-state index in [0.29, 0.717) is 19.5 Å². The van der Waals surface area contributed by atoms with Gasteiger partial charge in [0.05, 0.1) is 17.9 Å². The number of likely N-dealkylation sites (tertiary alicyclic amines) is 1. The molecule has 158 valence electrons. The SMILES string of the molecule is O=C1CCC(=O)N1CN1CCN(c2cc(=O)n(-c3ccccc3)c3ccccc23)CC1. The number of pyridine rings is 1. The van der Waals surface area contributed by atoms with Crippen LogP contribution in [0.3, 0.4) is 0 Å². The second kappa shape index (κ2) is 8.00. The third kappa shape index (κ3) is 3.61. The standard InChI is InChI=1S/C24H24N4O3/c29-22-10-11-23(30)27(22)17-25-12-14-26(15-13-25)21-16-24(31)28(18-6-2-1-3-7-18)20-9-5-4-8-19(20)21/h1-9,16H,10-15,17H2. The Labute approximate surface area is 180 Å². The van der Waals surface area contributed by atoms with Crippen LogP contribution in [0.1, 0.15) is 12.8 Å². The molecule has 3 heterocycles. The van der Waals surface area contributed by atoms with Gasteiger partial charge in [0, 0.05) is 56.2 Å². The average molecular weight is 416 g/mol. The van der Waals surface area contributed by atoms with Gasteiger partial charge in [-0.25, -0.2) is 0 Å². The number of para-hydroxylation sites is 2. The van der Waals surface area contributed by atoms with E-state index in [9.17, 15) is 14.4 Å².